The van der Waals surface area contributed by atoms with Gasteiger partial charge in [-0.05, 0) is 45.5 Å². The van der Waals surface area contributed by atoms with Crippen molar-refractivity contribution in [2.45, 2.75) is 62.9 Å². The molecule has 67 heavy (non-hydrogen) atoms. The standard InChI is InChI=1S/C29H33FNO2.C29H34NO2.2BrH/c30-27-13-7-8-24(22-27)23-33-21-20-31-17-14-28(15-18-31,16-19-31)29(32,25-9-3-1-4-10-25)26-11-5-2-6-12-26;31-29(26-12-6-2-7-13-26,27-14-8-3-9-15-27)28-16-19-30(20-17-28,21-18-28)22-23-32-24-25-10-4-1-5-11-25;;/h1-13,22,32H,14-21,23H2;1-15,31H,16-24H2;2*1H/q2*+1;;/p-2. The highest BCUT2D eigenvalue weighted by atomic mass is 79.9. The van der Waals surface area contributed by atoms with Gasteiger partial charge in [-0.15, -0.1) is 0 Å². The normalized spacial score (nSPS) is 24.1. The topological polar surface area (TPSA) is 58.9 Å². The van der Waals surface area contributed by atoms with Crippen LogP contribution >= 0.6 is 0 Å². The molecule has 0 amide bonds. The lowest BCUT2D eigenvalue weighted by Gasteiger charge is -2.60. The van der Waals surface area contributed by atoms with E-state index in [1.807, 2.05) is 60.7 Å². The number of fused-ring (bicyclic) bond motifs is 6. The summed E-state index contributed by atoms with van der Waals surface area (Å²) in [7, 11) is 0. The Bertz CT molecular complexity index is 2300. The smallest absolute Gasteiger partial charge is 0.123 e. The molecular weight excluding hydrogens is 967 g/mol. The molecule has 354 valence electrons. The van der Waals surface area contributed by atoms with Gasteiger partial charge >= 0.3 is 0 Å². The van der Waals surface area contributed by atoms with E-state index in [-0.39, 0.29) is 50.6 Å². The van der Waals surface area contributed by atoms with E-state index < -0.39 is 11.2 Å². The van der Waals surface area contributed by atoms with Gasteiger partial charge < -0.3 is 62.6 Å². The van der Waals surface area contributed by atoms with Crippen molar-refractivity contribution in [2.24, 2.45) is 10.8 Å². The predicted molar refractivity (Wildman–Crippen MR) is 256 cm³/mol. The van der Waals surface area contributed by atoms with Crippen molar-refractivity contribution in [3.63, 3.8) is 0 Å². The summed E-state index contributed by atoms with van der Waals surface area (Å²) in [4.78, 5) is 0. The van der Waals surface area contributed by atoms with Gasteiger partial charge in [-0.25, -0.2) is 4.39 Å². The van der Waals surface area contributed by atoms with Gasteiger partial charge in [-0.2, -0.15) is 0 Å². The molecule has 12 rings (SSSR count). The van der Waals surface area contributed by atoms with Crippen molar-refractivity contribution in [3.05, 3.63) is 215 Å². The minimum absolute atomic E-state index is 0. The molecule has 0 atom stereocenters. The van der Waals surface area contributed by atoms with Crippen LogP contribution in [0.2, 0.25) is 0 Å². The Kier molecular flexibility index (Phi) is 16.8. The van der Waals surface area contributed by atoms with E-state index >= 15 is 0 Å². The zero-order chi connectivity index (χ0) is 44.7. The third-order valence-corrected chi connectivity index (χ3v) is 16.4. The van der Waals surface area contributed by atoms with Gasteiger partial charge in [0.1, 0.15) is 30.1 Å². The molecule has 0 radical (unpaired) electrons. The Hall–Kier alpha value is -4.03. The fourth-order valence-corrected chi connectivity index (χ4v) is 12.3. The molecule has 6 fully saturated rings. The Balaban J connectivity index is 0.000000193. The van der Waals surface area contributed by atoms with Crippen molar-refractivity contribution in [1.82, 2.24) is 0 Å². The summed E-state index contributed by atoms with van der Waals surface area (Å²) in [6.07, 6.45) is 6.13. The first-order chi connectivity index (χ1) is 31.7. The maximum Gasteiger partial charge on any atom is 0.123 e. The molecule has 2 N–H and O–H groups in total. The number of halogens is 3. The van der Waals surface area contributed by atoms with Crippen LogP contribution in [0.4, 0.5) is 4.39 Å². The average Bonchev–Trinajstić information content (AvgIpc) is 3.39. The van der Waals surface area contributed by atoms with E-state index in [1.165, 1.54) is 17.7 Å². The van der Waals surface area contributed by atoms with E-state index in [2.05, 4.69) is 97.1 Å². The lowest BCUT2D eigenvalue weighted by molar-refractivity contribution is -0.946. The van der Waals surface area contributed by atoms with Crippen LogP contribution in [0.3, 0.4) is 0 Å². The zero-order valence-corrected chi connectivity index (χ0v) is 41.9. The third kappa shape index (κ3) is 10.5. The number of benzene rings is 6. The van der Waals surface area contributed by atoms with Crippen molar-refractivity contribution in [2.75, 3.05) is 65.6 Å². The first-order valence-electron chi connectivity index (χ1n) is 24.0. The van der Waals surface area contributed by atoms with E-state index in [9.17, 15) is 14.6 Å². The maximum absolute atomic E-state index is 13.4. The van der Waals surface area contributed by atoms with E-state index in [1.54, 1.807) is 6.07 Å². The minimum Gasteiger partial charge on any atom is -1.00 e. The number of nitrogens with zero attached hydrogens (tertiary/aromatic N) is 2. The van der Waals surface area contributed by atoms with Crippen LogP contribution in [0, 0.1) is 16.6 Å². The number of hydrogen-bond donors (Lipinski definition) is 2. The molecule has 9 heteroatoms. The monoisotopic (exact) mass is 1030 g/mol. The predicted octanol–water partition coefficient (Wildman–Crippen LogP) is 4.43. The van der Waals surface area contributed by atoms with Gasteiger partial charge in [0, 0.05) is 49.4 Å². The van der Waals surface area contributed by atoms with E-state index in [0.717, 1.165) is 134 Å². The fraction of sp³-hybridized carbons (Fsp3) is 0.379. The molecule has 6 saturated heterocycles. The quantitative estimate of drug-likeness (QED) is 0.112. The molecule has 0 aromatic heterocycles. The second-order valence-electron chi connectivity index (χ2n) is 19.6. The third-order valence-electron chi connectivity index (χ3n) is 16.4. The van der Waals surface area contributed by atoms with E-state index in [4.69, 9.17) is 9.47 Å². The highest BCUT2D eigenvalue weighted by molar-refractivity contribution is 5.41. The van der Waals surface area contributed by atoms with Gasteiger partial charge in [0.2, 0.25) is 0 Å². The summed E-state index contributed by atoms with van der Waals surface area (Å²) in [5, 5.41) is 24.9. The number of quaternary nitrogens is 2. The lowest BCUT2D eigenvalue weighted by Crippen LogP contribution is -3.00. The van der Waals surface area contributed by atoms with Gasteiger partial charge in [0.15, 0.2) is 0 Å². The summed E-state index contributed by atoms with van der Waals surface area (Å²) < 4.78 is 27.5. The molecule has 6 aliphatic heterocycles. The van der Waals surface area contributed by atoms with Gasteiger partial charge in [0.25, 0.3) is 0 Å². The largest absolute Gasteiger partial charge is 1.00 e. The van der Waals surface area contributed by atoms with Crippen LogP contribution < -0.4 is 34.0 Å². The first-order valence-corrected chi connectivity index (χ1v) is 24.0. The molecule has 0 saturated carbocycles. The summed E-state index contributed by atoms with van der Waals surface area (Å²) >= 11 is 0. The average molecular weight is 1030 g/mol. The maximum atomic E-state index is 13.4. The van der Waals surface area contributed by atoms with Crippen LogP contribution in [-0.2, 0) is 33.9 Å². The van der Waals surface area contributed by atoms with Crippen molar-refractivity contribution in [3.8, 4) is 0 Å². The summed E-state index contributed by atoms with van der Waals surface area (Å²) in [6.45, 7) is 11.2. The van der Waals surface area contributed by atoms with Crippen molar-refractivity contribution >= 4 is 0 Å². The van der Waals surface area contributed by atoms with Crippen LogP contribution in [-0.4, -0.2) is 84.8 Å². The van der Waals surface area contributed by atoms with E-state index in [0.29, 0.717) is 19.8 Å². The Labute approximate surface area is 419 Å². The second-order valence-corrected chi connectivity index (χ2v) is 19.6. The Morgan fingerprint density at radius 1 is 0.418 bits per heavy atom. The molecule has 4 bridgehead atoms. The molecule has 6 nitrogen and oxygen atoms in total. The minimum atomic E-state index is -0.986. The van der Waals surface area contributed by atoms with Crippen LogP contribution in [0.25, 0.3) is 0 Å². The second kappa shape index (κ2) is 22.2. The SMILES string of the molecule is OC(c1ccccc1)(c1ccccc1)C12CC[N+](CCOCc3cccc(F)c3)(CC1)CC2.OC(c1ccccc1)(c1ccccc1)C12CC[N+](CCOCc3ccccc3)(CC1)CC2.[Br-].[Br-]. The van der Waals surface area contributed by atoms with Crippen molar-refractivity contribution in [1.29, 1.82) is 0 Å². The summed E-state index contributed by atoms with van der Waals surface area (Å²) in [5.41, 5.74) is 3.96. The highest BCUT2D eigenvalue weighted by Gasteiger charge is 2.61. The fourth-order valence-electron chi connectivity index (χ4n) is 12.3. The molecular formula is C58H67Br2FN2O4. The van der Waals surface area contributed by atoms with Crippen molar-refractivity contribution < 1.29 is 67.0 Å². The van der Waals surface area contributed by atoms with Gasteiger partial charge in [-0.3, -0.25) is 0 Å². The molecule has 6 aromatic rings. The summed E-state index contributed by atoms with van der Waals surface area (Å²) in [6, 6.07) is 58.2. The summed E-state index contributed by atoms with van der Waals surface area (Å²) in [5.74, 6) is -0.217. The number of hydrogen-bond acceptors (Lipinski definition) is 4. The molecule has 0 unspecified atom stereocenters. The molecule has 6 aromatic carbocycles. The van der Waals surface area contributed by atoms with Gasteiger partial charge in [0.05, 0.1) is 65.7 Å². The molecule has 0 spiro atoms. The van der Waals surface area contributed by atoms with Crippen LogP contribution in [0.1, 0.15) is 71.9 Å². The molecule has 6 heterocycles. The zero-order valence-electron chi connectivity index (χ0n) is 38.7. The lowest BCUT2D eigenvalue weighted by atomic mass is 9.56. The highest BCUT2D eigenvalue weighted by Crippen LogP contribution is 2.59. The van der Waals surface area contributed by atoms with Gasteiger partial charge in [-0.1, -0.05) is 164 Å². The molecule has 6 aliphatic rings. The van der Waals surface area contributed by atoms with Crippen LogP contribution in [0.15, 0.2) is 176 Å². The number of piperidine rings is 6. The van der Waals surface area contributed by atoms with Crippen LogP contribution in [0.5, 0.6) is 0 Å². The Morgan fingerprint density at radius 2 is 0.716 bits per heavy atom. The Morgan fingerprint density at radius 3 is 1.04 bits per heavy atom. The first kappa shape index (κ1) is 50.8. The number of ether oxygens (including phenoxy) is 2. The number of rotatable bonds is 16. The number of aliphatic hydroxyl groups is 2. The molecule has 0 aliphatic carbocycles.